The smallest absolute Gasteiger partial charge is 0.0644 e. The summed E-state index contributed by atoms with van der Waals surface area (Å²) in [6.07, 6.45) is 7.68. The van der Waals surface area contributed by atoms with Gasteiger partial charge in [-0.25, -0.2) is 0 Å². The Hall–Kier alpha value is -0.300. The van der Waals surface area contributed by atoms with E-state index in [2.05, 4.69) is 26.8 Å². The van der Waals surface area contributed by atoms with Crippen molar-refractivity contribution in [3.05, 3.63) is 11.6 Å². The molecule has 0 saturated heterocycles. The van der Waals surface area contributed by atoms with Crippen LogP contribution in [0.25, 0.3) is 0 Å². The average molecular weight is 220 g/mol. The quantitative estimate of drug-likeness (QED) is 0.672. The van der Waals surface area contributed by atoms with Crippen molar-refractivity contribution in [3.63, 3.8) is 0 Å². The molecule has 1 nitrogen and oxygen atoms in total. The molecule has 3 aliphatic carbocycles. The molecule has 0 heterocycles. The number of hydrogen-bond acceptors (Lipinski definition) is 1. The molecule has 2 saturated carbocycles. The summed E-state index contributed by atoms with van der Waals surface area (Å²) in [7, 11) is 0. The highest BCUT2D eigenvalue weighted by molar-refractivity contribution is 5.29. The van der Waals surface area contributed by atoms with Gasteiger partial charge in [-0.15, -0.1) is 0 Å². The van der Waals surface area contributed by atoms with E-state index in [1.54, 1.807) is 0 Å². The Bertz CT molecular complexity index is 341. The second-order valence-electron chi connectivity index (χ2n) is 7.13. The highest BCUT2D eigenvalue weighted by atomic mass is 16.3. The third kappa shape index (κ3) is 1.11. The van der Waals surface area contributed by atoms with E-state index in [1.165, 1.54) is 31.3 Å². The molecule has 0 aromatic heterocycles. The van der Waals surface area contributed by atoms with E-state index >= 15 is 0 Å². The van der Waals surface area contributed by atoms with E-state index < -0.39 is 0 Å². The third-order valence-corrected chi connectivity index (χ3v) is 6.01. The highest BCUT2D eigenvalue weighted by Crippen LogP contribution is 2.72. The minimum absolute atomic E-state index is 0.291. The van der Waals surface area contributed by atoms with Crippen LogP contribution in [-0.2, 0) is 0 Å². The van der Waals surface area contributed by atoms with E-state index in [-0.39, 0.29) is 0 Å². The van der Waals surface area contributed by atoms with Crippen molar-refractivity contribution < 1.29 is 5.11 Å². The Morgan fingerprint density at radius 2 is 2.06 bits per heavy atom. The lowest BCUT2D eigenvalue weighted by Crippen LogP contribution is -2.60. The lowest BCUT2D eigenvalue weighted by atomic mass is 9.38. The Balaban J connectivity index is 2.03. The Kier molecular flexibility index (Phi) is 2.12. The van der Waals surface area contributed by atoms with Gasteiger partial charge >= 0.3 is 0 Å². The van der Waals surface area contributed by atoms with Gasteiger partial charge in [0.2, 0.25) is 0 Å². The van der Waals surface area contributed by atoms with E-state index in [4.69, 9.17) is 0 Å². The first kappa shape index (κ1) is 10.8. The molecule has 0 unspecified atom stereocenters. The molecular formula is C15H24O. The first-order valence-electron chi connectivity index (χ1n) is 6.80. The van der Waals surface area contributed by atoms with Crippen LogP contribution in [0.1, 0.15) is 46.5 Å². The number of fused-ring (bicyclic) bond motifs is 1. The fourth-order valence-corrected chi connectivity index (χ4v) is 5.23. The summed E-state index contributed by atoms with van der Waals surface area (Å²) in [5, 5.41) is 9.55. The van der Waals surface area contributed by atoms with Crippen molar-refractivity contribution in [3.8, 4) is 0 Å². The van der Waals surface area contributed by atoms with Crippen LogP contribution in [-0.4, -0.2) is 11.7 Å². The molecule has 0 aliphatic heterocycles. The number of allylic oxidation sites excluding steroid dienone is 1. The second kappa shape index (κ2) is 3.13. The van der Waals surface area contributed by atoms with Crippen molar-refractivity contribution >= 4 is 0 Å². The van der Waals surface area contributed by atoms with E-state index in [1.807, 2.05) is 0 Å². The summed E-state index contributed by atoms with van der Waals surface area (Å²) in [6, 6.07) is 0. The summed E-state index contributed by atoms with van der Waals surface area (Å²) in [5.41, 5.74) is 2.36. The summed E-state index contributed by atoms with van der Waals surface area (Å²) in [5.74, 6) is 2.42. The monoisotopic (exact) mass is 220 g/mol. The summed E-state index contributed by atoms with van der Waals surface area (Å²) >= 11 is 0. The molecule has 0 spiro atoms. The van der Waals surface area contributed by atoms with Crippen molar-refractivity contribution in [2.45, 2.75) is 46.5 Å². The SMILES string of the molecule is CC1(C)CCC[C@@]2(C)[C@@H]3CC=C(CO)[C@H]2[C@@H]31. The maximum atomic E-state index is 9.55. The lowest BCUT2D eigenvalue weighted by molar-refractivity contribution is -0.141. The van der Waals surface area contributed by atoms with Crippen molar-refractivity contribution in [2.75, 3.05) is 6.61 Å². The Morgan fingerprint density at radius 3 is 2.75 bits per heavy atom. The molecule has 3 rings (SSSR count). The molecule has 1 N–H and O–H groups in total. The number of hydrogen-bond donors (Lipinski definition) is 1. The van der Waals surface area contributed by atoms with Crippen molar-refractivity contribution in [2.24, 2.45) is 28.6 Å². The Labute approximate surface area is 98.9 Å². The third-order valence-electron chi connectivity index (χ3n) is 6.01. The molecule has 0 amide bonds. The molecule has 1 heteroatoms. The molecule has 2 fully saturated rings. The van der Waals surface area contributed by atoms with Crippen LogP contribution in [0.4, 0.5) is 0 Å². The van der Waals surface area contributed by atoms with Gasteiger partial charge in [-0.1, -0.05) is 33.3 Å². The molecule has 4 atom stereocenters. The predicted octanol–water partition coefficient (Wildman–Crippen LogP) is 3.39. The van der Waals surface area contributed by atoms with Gasteiger partial charge in [0.05, 0.1) is 6.61 Å². The standard InChI is InChI=1S/C15H24O/c1-14(2)7-4-8-15(3)11-6-5-10(9-16)12(15)13(11)14/h5,11-13,16H,4,6-9H2,1-3H3/t11-,12+,13-,15+/m1/s1. The van der Waals surface area contributed by atoms with Gasteiger partial charge in [-0.2, -0.15) is 0 Å². The van der Waals surface area contributed by atoms with E-state index in [0.29, 0.717) is 23.4 Å². The molecular weight excluding hydrogens is 196 g/mol. The summed E-state index contributed by atoms with van der Waals surface area (Å²) < 4.78 is 0. The van der Waals surface area contributed by atoms with Gasteiger partial charge in [0, 0.05) is 0 Å². The first-order chi connectivity index (χ1) is 7.50. The topological polar surface area (TPSA) is 20.2 Å². The number of rotatable bonds is 1. The molecule has 0 aromatic rings. The molecule has 0 aromatic carbocycles. The van der Waals surface area contributed by atoms with Crippen LogP contribution in [0.3, 0.4) is 0 Å². The predicted molar refractivity (Wildman–Crippen MR) is 66.0 cm³/mol. The molecule has 4 bridgehead atoms. The first-order valence-corrected chi connectivity index (χ1v) is 6.80. The largest absolute Gasteiger partial charge is 0.392 e. The van der Waals surface area contributed by atoms with Crippen molar-refractivity contribution in [1.29, 1.82) is 0 Å². The van der Waals surface area contributed by atoms with Crippen LogP contribution in [0.2, 0.25) is 0 Å². The second-order valence-corrected chi connectivity index (χ2v) is 7.13. The summed E-state index contributed by atoms with van der Waals surface area (Å²) in [6.45, 7) is 7.66. The lowest BCUT2D eigenvalue weighted by Gasteiger charge is -2.66. The maximum Gasteiger partial charge on any atom is 0.0644 e. The summed E-state index contributed by atoms with van der Waals surface area (Å²) in [4.78, 5) is 0. The molecule has 3 aliphatic rings. The van der Waals surface area contributed by atoms with Crippen molar-refractivity contribution in [1.82, 2.24) is 0 Å². The van der Waals surface area contributed by atoms with Crippen LogP contribution in [0.5, 0.6) is 0 Å². The zero-order valence-electron chi connectivity index (χ0n) is 10.8. The van der Waals surface area contributed by atoms with E-state index in [9.17, 15) is 5.11 Å². The van der Waals surface area contributed by atoms with Crippen LogP contribution in [0.15, 0.2) is 11.6 Å². The Morgan fingerprint density at radius 1 is 1.31 bits per heavy atom. The molecule has 0 radical (unpaired) electrons. The van der Waals surface area contributed by atoms with Crippen LogP contribution in [0, 0.1) is 28.6 Å². The van der Waals surface area contributed by atoms with Crippen LogP contribution < -0.4 is 0 Å². The van der Waals surface area contributed by atoms with Gasteiger partial charge < -0.3 is 5.11 Å². The normalized spacial score (nSPS) is 49.0. The van der Waals surface area contributed by atoms with Gasteiger partial charge in [-0.3, -0.25) is 0 Å². The average Bonchev–Trinajstić information content (AvgIpc) is 2.43. The maximum absolute atomic E-state index is 9.55. The minimum atomic E-state index is 0.291. The zero-order valence-corrected chi connectivity index (χ0v) is 10.8. The number of aliphatic hydroxyl groups excluding tert-OH is 1. The highest BCUT2D eigenvalue weighted by Gasteiger charge is 2.65. The molecule has 90 valence electrons. The molecule has 16 heavy (non-hydrogen) atoms. The number of aliphatic hydroxyl groups is 1. The zero-order chi connectivity index (χ0) is 11.6. The van der Waals surface area contributed by atoms with Gasteiger partial charge in [0.1, 0.15) is 0 Å². The van der Waals surface area contributed by atoms with E-state index in [0.717, 1.165) is 11.8 Å². The minimum Gasteiger partial charge on any atom is -0.392 e. The van der Waals surface area contributed by atoms with Gasteiger partial charge in [0.25, 0.3) is 0 Å². The fraction of sp³-hybridized carbons (Fsp3) is 0.867. The van der Waals surface area contributed by atoms with Crippen LogP contribution >= 0.6 is 0 Å². The fourth-order valence-electron chi connectivity index (χ4n) is 5.23. The van der Waals surface area contributed by atoms with Gasteiger partial charge in [-0.05, 0) is 53.4 Å². The van der Waals surface area contributed by atoms with Gasteiger partial charge in [0.15, 0.2) is 0 Å².